The molecule has 7 nitrogen and oxygen atoms in total. The standard InChI is InChI=1S/C20H27N3O4S/c1-13(15-7-5-10-27-15)22-12-17(24)23-20-18(19(25)21-9-11-26-2)14-6-3-4-8-16(14)28-20/h5,7,10,13,22H,3-4,6,8-9,11-12H2,1-2H3,(H,21,25)(H,23,24)/t13-/m1/s1. The van der Waals surface area contributed by atoms with Crippen LogP contribution in [0.25, 0.3) is 0 Å². The predicted molar refractivity (Wildman–Crippen MR) is 109 cm³/mol. The third-order valence-corrected chi connectivity index (χ3v) is 5.99. The molecule has 152 valence electrons. The average molecular weight is 406 g/mol. The van der Waals surface area contributed by atoms with Crippen LogP contribution in [0.1, 0.15) is 52.4 Å². The second kappa shape index (κ2) is 9.86. The molecule has 0 aliphatic heterocycles. The van der Waals surface area contributed by atoms with Gasteiger partial charge in [-0.15, -0.1) is 11.3 Å². The zero-order valence-electron chi connectivity index (χ0n) is 16.3. The SMILES string of the molecule is COCCNC(=O)c1c(NC(=O)CN[C@H](C)c2ccco2)sc2c1CCCC2. The Kier molecular flexibility index (Phi) is 7.24. The van der Waals surface area contributed by atoms with E-state index >= 15 is 0 Å². The van der Waals surface area contributed by atoms with Crippen LogP contribution in [0.15, 0.2) is 22.8 Å². The zero-order valence-corrected chi connectivity index (χ0v) is 17.1. The molecule has 3 N–H and O–H groups in total. The Morgan fingerprint density at radius 3 is 2.89 bits per heavy atom. The number of anilines is 1. The third kappa shape index (κ3) is 5.01. The first-order chi connectivity index (χ1) is 13.6. The van der Waals surface area contributed by atoms with E-state index in [-0.39, 0.29) is 24.4 Å². The van der Waals surface area contributed by atoms with Crippen molar-refractivity contribution in [1.82, 2.24) is 10.6 Å². The van der Waals surface area contributed by atoms with Gasteiger partial charge in [0.15, 0.2) is 0 Å². The Morgan fingerprint density at radius 2 is 2.14 bits per heavy atom. The van der Waals surface area contributed by atoms with Crippen molar-refractivity contribution in [3.63, 3.8) is 0 Å². The topological polar surface area (TPSA) is 92.6 Å². The second-order valence-electron chi connectivity index (χ2n) is 6.83. The van der Waals surface area contributed by atoms with Crippen molar-refractivity contribution in [2.75, 3.05) is 32.1 Å². The third-order valence-electron chi connectivity index (χ3n) is 4.78. The van der Waals surface area contributed by atoms with E-state index in [4.69, 9.17) is 9.15 Å². The van der Waals surface area contributed by atoms with Crippen LogP contribution >= 0.6 is 11.3 Å². The molecule has 3 rings (SSSR count). The van der Waals surface area contributed by atoms with Crippen molar-refractivity contribution < 1.29 is 18.7 Å². The first-order valence-corrected chi connectivity index (χ1v) is 10.4. The van der Waals surface area contributed by atoms with Crippen molar-refractivity contribution in [1.29, 1.82) is 0 Å². The molecule has 0 bridgehead atoms. The molecule has 28 heavy (non-hydrogen) atoms. The van der Waals surface area contributed by atoms with E-state index in [1.54, 1.807) is 13.4 Å². The van der Waals surface area contributed by atoms with Gasteiger partial charge in [-0.25, -0.2) is 0 Å². The number of thiophene rings is 1. The Hall–Kier alpha value is -2.16. The summed E-state index contributed by atoms with van der Waals surface area (Å²) in [6, 6.07) is 3.61. The Balaban J connectivity index is 1.67. The van der Waals surface area contributed by atoms with Crippen LogP contribution in [-0.2, 0) is 22.4 Å². The monoisotopic (exact) mass is 405 g/mol. The average Bonchev–Trinajstić information content (AvgIpc) is 3.34. The molecule has 0 radical (unpaired) electrons. The summed E-state index contributed by atoms with van der Waals surface area (Å²) in [4.78, 5) is 26.4. The van der Waals surface area contributed by atoms with Gasteiger partial charge in [-0.05, 0) is 50.3 Å². The van der Waals surface area contributed by atoms with E-state index in [0.29, 0.717) is 23.7 Å². The van der Waals surface area contributed by atoms with Crippen molar-refractivity contribution in [3.05, 3.63) is 40.2 Å². The summed E-state index contributed by atoms with van der Waals surface area (Å²) in [5.41, 5.74) is 1.70. The lowest BCUT2D eigenvalue weighted by atomic mass is 9.95. The first kappa shape index (κ1) is 20.6. The van der Waals surface area contributed by atoms with Crippen molar-refractivity contribution in [2.45, 2.75) is 38.6 Å². The van der Waals surface area contributed by atoms with Crippen LogP contribution in [-0.4, -0.2) is 38.6 Å². The van der Waals surface area contributed by atoms with Crippen LogP contribution in [0, 0.1) is 0 Å². The molecule has 0 fully saturated rings. The number of furan rings is 1. The van der Waals surface area contributed by atoms with Gasteiger partial charge in [0.2, 0.25) is 5.91 Å². The fraction of sp³-hybridized carbons (Fsp3) is 0.500. The highest BCUT2D eigenvalue weighted by Gasteiger charge is 2.26. The quantitative estimate of drug-likeness (QED) is 0.558. The largest absolute Gasteiger partial charge is 0.468 e. The molecule has 0 saturated heterocycles. The number of carbonyl (C=O) groups is 2. The Bertz CT molecular complexity index is 801. The number of carbonyl (C=O) groups excluding carboxylic acids is 2. The Morgan fingerprint density at radius 1 is 1.32 bits per heavy atom. The summed E-state index contributed by atoms with van der Waals surface area (Å²) < 4.78 is 10.3. The fourth-order valence-corrected chi connectivity index (χ4v) is 4.61. The summed E-state index contributed by atoms with van der Waals surface area (Å²) >= 11 is 1.52. The van der Waals surface area contributed by atoms with Crippen molar-refractivity contribution in [3.8, 4) is 0 Å². The van der Waals surface area contributed by atoms with E-state index in [1.165, 1.54) is 16.2 Å². The van der Waals surface area contributed by atoms with Crippen molar-refractivity contribution in [2.24, 2.45) is 0 Å². The molecule has 2 amide bonds. The number of hydrogen-bond donors (Lipinski definition) is 3. The van der Waals surface area contributed by atoms with Gasteiger partial charge in [-0.3, -0.25) is 14.9 Å². The predicted octanol–water partition coefficient (Wildman–Crippen LogP) is 2.89. The zero-order chi connectivity index (χ0) is 19.9. The smallest absolute Gasteiger partial charge is 0.254 e. The number of hydrogen-bond acceptors (Lipinski definition) is 6. The molecule has 8 heteroatoms. The van der Waals surface area contributed by atoms with Gasteiger partial charge in [0.05, 0.1) is 31.0 Å². The van der Waals surface area contributed by atoms with Gasteiger partial charge in [0.1, 0.15) is 10.8 Å². The molecule has 2 aromatic heterocycles. The minimum absolute atomic E-state index is 0.0749. The summed E-state index contributed by atoms with van der Waals surface area (Å²) in [6.07, 6.45) is 5.63. The molecule has 2 heterocycles. The van der Waals surface area contributed by atoms with Gasteiger partial charge < -0.3 is 19.8 Å². The lowest BCUT2D eigenvalue weighted by molar-refractivity contribution is -0.115. The molecule has 0 aromatic carbocycles. The molecular weight excluding hydrogens is 378 g/mol. The van der Waals surface area contributed by atoms with Gasteiger partial charge in [-0.2, -0.15) is 0 Å². The Labute approximate surface area is 168 Å². The van der Waals surface area contributed by atoms with Crippen LogP contribution in [0.3, 0.4) is 0 Å². The maximum absolute atomic E-state index is 12.7. The lowest BCUT2D eigenvalue weighted by Crippen LogP contribution is -2.31. The number of aryl methyl sites for hydroxylation is 1. The van der Waals surface area contributed by atoms with Crippen LogP contribution in [0.2, 0.25) is 0 Å². The molecule has 0 saturated carbocycles. The van der Waals surface area contributed by atoms with Gasteiger partial charge in [0, 0.05) is 18.5 Å². The highest BCUT2D eigenvalue weighted by Crippen LogP contribution is 2.38. The highest BCUT2D eigenvalue weighted by atomic mass is 32.1. The van der Waals surface area contributed by atoms with Gasteiger partial charge in [-0.1, -0.05) is 0 Å². The molecule has 1 atom stereocenters. The van der Waals surface area contributed by atoms with Crippen LogP contribution in [0.4, 0.5) is 5.00 Å². The first-order valence-electron chi connectivity index (χ1n) is 9.58. The normalized spacial score (nSPS) is 14.4. The maximum Gasteiger partial charge on any atom is 0.254 e. The number of nitrogens with one attached hydrogen (secondary N) is 3. The molecule has 1 aliphatic carbocycles. The number of methoxy groups -OCH3 is 1. The second-order valence-corrected chi connectivity index (χ2v) is 7.94. The molecule has 0 unspecified atom stereocenters. The van der Waals surface area contributed by atoms with E-state index in [1.807, 2.05) is 19.1 Å². The minimum Gasteiger partial charge on any atom is -0.468 e. The molecule has 0 spiro atoms. The number of rotatable bonds is 9. The summed E-state index contributed by atoms with van der Waals surface area (Å²) in [7, 11) is 1.60. The van der Waals surface area contributed by atoms with E-state index in [9.17, 15) is 9.59 Å². The maximum atomic E-state index is 12.7. The van der Waals surface area contributed by atoms with Crippen molar-refractivity contribution >= 4 is 28.2 Å². The summed E-state index contributed by atoms with van der Waals surface area (Å²) in [6.45, 7) is 2.96. The van der Waals surface area contributed by atoms with Crippen LogP contribution < -0.4 is 16.0 Å². The summed E-state index contributed by atoms with van der Waals surface area (Å²) in [5, 5.41) is 9.59. The molecule has 1 aliphatic rings. The lowest BCUT2D eigenvalue weighted by Gasteiger charge is -2.14. The minimum atomic E-state index is -0.178. The number of amides is 2. The number of fused-ring (bicyclic) bond motifs is 1. The van der Waals surface area contributed by atoms with E-state index in [0.717, 1.165) is 37.0 Å². The molecular formula is C20H27N3O4S. The fourth-order valence-electron chi connectivity index (χ4n) is 3.30. The van der Waals surface area contributed by atoms with E-state index < -0.39 is 0 Å². The highest BCUT2D eigenvalue weighted by molar-refractivity contribution is 7.17. The summed E-state index contributed by atoms with van der Waals surface area (Å²) in [5.74, 6) is 0.448. The number of ether oxygens (including phenoxy) is 1. The van der Waals surface area contributed by atoms with E-state index in [2.05, 4.69) is 16.0 Å². The molecule has 2 aromatic rings. The van der Waals surface area contributed by atoms with Crippen LogP contribution in [0.5, 0.6) is 0 Å². The van der Waals surface area contributed by atoms with Gasteiger partial charge >= 0.3 is 0 Å². The van der Waals surface area contributed by atoms with Gasteiger partial charge in [0.25, 0.3) is 5.91 Å².